The van der Waals surface area contributed by atoms with Gasteiger partial charge in [0.05, 0.1) is 38.0 Å². The summed E-state index contributed by atoms with van der Waals surface area (Å²) < 4.78 is 12.1. The summed E-state index contributed by atoms with van der Waals surface area (Å²) >= 11 is 0. The Morgan fingerprint density at radius 2 is 1.77 bits per heavy atom. The van der Waals surface area contributed by atoms with E-state index in [1.165, 1.54) is 30.9 Å². The average Bonchev–Trinajstić information content (AvgIpc) is 3.07. The van der Waals surface area contributed by atoms with Gasteiger partial charge < -0.3 is 29.0 Å². The molecule has 0 aliphatic heterocycles. The van der Waals surface area contributed by atoms with E-state index in [1.54, 1.807) is 18.2 Å². The summed E-state index contributed by atoms with van der Waals surface area (Å²) in [7, 11) is 2.96. The van der Waals surface area contributed by atoms with Crippen LogP contribution < -0.4 is 14.6 Å². The predicted octanol–water partition coefficient (Wildman–Crippen LogP) is 1.33. The summed E-state index contributed by atoms with van der Waals surface area (Å²) in [5, 5.41) is 21.6. The molecular formula is C19H14NO6-. The minimum absolute atomic E-state index is 0.00943. The van der Waals surface area contributed by atoms with Gasteiger partial charge in [0.2, 0.25) is 0 Å². The van der Waals surface area contributed by atoms with Crippen LogP contribution in [0.15, 0.2) is 30.3 Å². The molecule has 0 atom stereocenters. The fourth-order valence-corrected chi connectivity index (χ4v) is 3.54. The Morgan fingerprint density at radius 1 is 1.12 bits per heavy atom. The molecule has 132 valence electrons. The lowest BCUT2D eigenvalue weighted by Crippen LogP contribution is -2.27. The fraction of sp³-hybridized carbons (Fsp3) is 0.158. The number of phenolic OH excluding ortho intramolecular Hbond substituents is 1. The second kappa shape index (κ2) is 5.52. The number of carboxylic acids is 1. The molecule has 1 aliphatic carbocycles. The number of methoxy groups -OCH3 is 2. The normalized spacial score (nSPS) is 12.2. The molecule has 4 rings (SSSR count). The molecule has 0 radical (unpaired) electrons. The summed E-state index contributed by atoms with van der Waals surface area (Å²) in [6.07, 6.45) is 0. The number of fused-ring (bicyclic) bond motifs is 5. The topological polar surface area (TPSA) is 101 Å². The molecule has 7 nitrogen and oxygen atoms in total. The van der Waals surface area contributed by atoms with Gasteiger partial charge >= 0.3 is 0 Å². The zero-order chi connectivity index (χ0) is 18.6. The van der Waals surface area contributed by atoms with Gasteiger partial charge in [-0.25, -0.2) is 0 Å². The number of ketones is 1. The Labute approximate surface area is 148 Å². The number of nitrogens with zero attached hydrogens (tertiary/aromatic N) is 1. The Kier molecular flexibility index (Phi) is 3.40. The molecule has 1 aromatic heterocycles. The molecule has 0 bridgehead atoms. The van der Waals surface area contributed by atoms with Crippen molar-refractivity contribution in [2.75, 3.05) is 14.2 Å². The summed E-state index contributed by atoms with van der Waals surface area (Å²) in [4.78, 5) is 24.3. The number of hydrogen-bond acceptors (Lipinski definition) is 6. The van der Waals surface area contributed by atoms with Crippen LogP contribution in [0, 0.1) is 0 Å². The van der Waals surface area contributed by atoms with Crippen molar-refractivity contribution in [3.8, 4) is 28.5 Å². The maximum absolute atomic E-state index is 13.0. The first-order valence-electron chi connectivity index (χ1n) is 7.82. The first kappa shape index (κ1) is 16.0. The lowest BCUT2D eigenvalue weighted by molar-refractivity contribution is -0.306. The Bertz CT molecular complexity index is 1100. The van der Waals surface area contributed by atoms with Crippen molar-refractivity contribution in [3.63, 3.8) is 0 Å². The smallest absolute Gasteiger partial charge is 0.196 e. The van der Waals surface area contributed by atoms with Crippen molar-refractivity contribution < 1.29 is 29.3 Å². The predicted molar refractivity (Wildman–Crippen MR) is 90.6 cm³/mol. The summed E-state index contributed by atoms with van der Waals surface area (Å²) in [5.41, 5.74) is 2.30. The molecule has 0 amide bonds. The van der Waals surface area contributed by atoms with Crippen molar-refractivity contribution in [1.82, 2.24) is 4.57 Å². The first-order chi connectivity index (χ1) is 12.5. The van der Waals surface area contributed by atoms with Crippen molar-refractivity contribution in [2.24, 2.45) is 0 Å². The summed E-state index contributed by atoms with van der Waals surface area (Å²) in [6, 6.07) is 7.72. The van der Waals surface area contributed by atoms with Crippen LogP contribution in [0.1, 0.15) is 15.9 Å². The second-order valence-corrected chi connectivity index (χ2v) is 5.97. The van der Waals surface area contributed by atoms with Crippen LogP contribution in [0.2, 0.25) is 0 Å². The molecule has 1 heterocycles. The third-order valence-corrected chi connectivity index (χ3v) is 4.58. The first-order valence-corrected chi connectivity index (χ1v) is 7.82. The quantitative estimate of drug-likeness (QED) is 0.595. The van der Waals surface area contributed by atoms with E-state index in [0.29, 0.717) is 44.8 Å². The number of rotatable bonds is 4. The van der Waals surface area contributed by atoms with Gasteiger partial charge in [-0.15, -0.1) is 0 Å². The molecule has 1 N–H and O–H groups in total. The van der Waals surface area contributed by atoms with E-state index in [0.717, 1.165) is 0 Å². The molecule has 1 aliphatic rings. The molecule has 0 spiro atoms. The third kappa shape index (κ3) is 2.07. The van der Waals surface area contributed by atoms with Crippen molar-refractivity contribution in [2.45, 2.75) is 6.54 Å². The van der Waals surface area contributed by atoms with E-state index < -0.39 is 12.5 Å². The highest BCUT2D eigenvalue weighted by atomic mass is 16.5. The minimum Gasteiger partial charge on any atom is -0.548 e. The number of aliphatic carboxylic acids is 1. The van der Waals surface area contributed by atoms with Gasteiger partial charge in [0.1, 0.15) is 5.75 Å². The number of aromatic nitrogens is 1. The van der Waals surface area contributed by atoms with Crippen LogP contribution in [0.4, 0.5) is 0 Å². The van der Waals surface area contributed by atoms with Crippen LogP contribution >= 0.6 is 0 Å². The lowest BCUT2D eigenvalue weighted by Gasteiger charge is -2.14. The molecule has 0 fully saturated rings. The van der Waals surface area contributed by atoms with Gasteiger partial charge in [-0.2, -0.15) is 0 Å². The van der Waals surface area contributed by atoms with E-state index in [9.17, 15) is 19.8 Å². The second-order valence-electron chi connectivity index (χ2n) is 5.97. The number of carboxylic acid groups (broad SMARTS) is 1. The zero-order valence-electron chi connectivity index (χ0n) is 14.0. The highest BCUT2D eigenvalue weighted by molar-refractivity contribution is 6.28. The van der Waals surface area contributed by atoms with E-state index in [1.807, 2.05) is 0 Å². The monoisotopic (exact) mass is 352 g/mol. The fourth-order valence-electron chi connectivity index (χ4n) is 3.54. The highest BCUT2D eigenvalue weighted by Crippen LogP contribution is 2.47. The maximum atomic E-state index is 13.0. The number of benzene rings is 2. The lowest BCUT2D eigenvalue weighted by atomic mass is 10.1. The molecule has 3 aromatic rings. The van der Waals surface area contributed by atoms with E-state index >= 15 is 0 Å². The molecule has 7 heteroatoms. The summed E-state index contributed by atoms with van der Waals surface area (Å²) in [6.45, 7) is -0.419. The molecule has 0 saturated carbocycles. The van der Waals surface area contributed by atoms with Gasteiger partial charge in [-0.05, 0) is 30.3 Å². The Morgan fingerprint density at radius 3 is 2.38 bits per heavy atom. The summed E-state index contributed by atoms with van der Waals surface area (Å²) in [5.74, 6) is -0.712. The molecule has 0 saturated heterocycles. The van der Waals surface area contributed by atoms with Gasteiger partial charge in [0.15, 0.2) is 17.3 Å². The zero-order valence-corrected chi connectivity index (χ0v) is 14.0. The number of carbonyl (C=O) groups is 2. The van der Waals surface area contributed by atoms with E-state index in [2.05, 4.69) is 0 Å². The highest BCUT2D eigenvalue weighted by Gasteiger charge is 2.35. The Balaban J connectivity index is 2.11. The van der Waals surface area contributed by atoms with Gasteiger partial charge in [-0.1, -0.05) is 0 Å². The van der Waals surface area contributed by atoms with Crippen molar-refractivity contribution in [1.29, 1.82) is 0 Å². The Hall–Kier alpha value is -3.48. The number of hydrogen-bond donors (Lipinski definition) is 1. The minimum atomic E-state index is -1.28. The molecule has 2 aromatic carbocycles. The van der Waals surface area contributed by atoms with Gasteiger partial charge in [0, 0.05) is 22.0 Å². The SMILES string of the molecule is COc1cc2c(cc1OC)-c1c(c3cc(O)ccc3n1CC(=O)[O-])C2=O. The molecular weight excluding hydrogens is 338 g/mol. The molecule has 0 unspecified atom stereocenters. The maximum Gasteiger partial charge on any atom is 0.196 e. The van der Waals surface area contributed by atoms with Crippen LogP contribution in [0.3, 0.4) is 0 Å². The van der Waals surface area contributed by atoms with Crippen LogP contribution in [0.5, 0.6) is 17.2 Å². The van der Waals surface area contributed by atoms with Crippen LogP contribution in [-0.4, -0.2) is 35.6 Å². The van der Waals surface area contributed by atoms with E-state index in [-0.39, 0.29) is 11.5 Å². The number of carbonyl (C=O) groups excluding carboxylic acids is 2. The van der Waals surface area contributed by atoms with Gasteiger partial charge in [-0.3, -0.25) is 4.79 Å². The number of phenols is 1. The van der Waals surface area contributed by atoms with E-state index in [4.69, 9.17) is 9.47 Å². The van der Waals surface area contributed by atoms with Crippen LogP contribution in [0.25, 0.3) is 22.2 Å². The average molecular weight is 352 g/mol. The third-order valence-electron chi connectivity index (χ3n) is 4.58. The van der Waals surface area contributed by atoms with Crippen molar-refractivity contribution in [3.05, 3.63) is 41.5 Å². The van der Waals surface area contributed by atoms with Crippen LogP contribution in [-0.2, 0) is 11.3 Å². The molecule has 26 heavy (non-hydrogen) atoms. The largest absolute Gasteiger partial charge is 0.548 e. The number of aromatic hydroxyl groups is 1. The van der Waals surface area contributed by atoms with Gasteiger partial charge in [0.25, 0.3) is 0 Å². The standard InChI is InChI=1S/C19H15NO6/c1-25-14-6-10-11(7-15(14)26-2)19(24)17-12-5-9(21)3-4-13(12)20(18(10)17)8-16(22)23/h3-7,21H,8H2,1-2H3,(H,22,23)/p-1. The number of ether oxygens (including phenoxy) is 2. The van der Waals surface area contributed by atoms with Crippen molar-refractivity contribution >= 4 is 22.7 Å².